The second-order valence-corrected chi connectivity index (χ2v) is 4.04. The summed E-state index contributed by atoms with van der Waals surface area (Å²) in [4.78, 5) is 0. The predicted octanol–water partition coefficient (Wildman–Crippen LogP) is 1.94. The number of ether oxygens (including phenoxy) is 1. The molecule has 0 bridgehead atoms. The molecule has 1 aromatic carbocycles. The van der Waals surface area contributed by atoms with Gasteiger partial charge in [-0.3, -0.25) is 0 Å². The molecular weight excluding hydrogens is 221 g/mol. The maximum Gasteiger partial charge on any atom is 0.123 e. The maximum atomic E-state index is 13.1. The molecule has 2 N–H and O–H groups in total. The van der Waals surface area contributed by atoms with Crippen molar-refractivity contribution in [3.05, 3.63) is 29.6 Å². The summed E-state index contributed by atoms with van der Waals surface area (Å²) in [5.41, 5.74) is 0.792. The van der Waals surface area contributed by atoms with E-state index in [1.807, 2.05) is 6.92 Å². The standard InChI is InChI=1S/C13H20FNO2/c1-3-10(9-16)7-15-8-11-6-12(14)4-5-13(11)17-2/h4-6,10,15-16H,3,7-9H2,1-2H3. The average Bonchev–Trinajstić information content (AvgIpc) is 2.35. The summed E-state index contributed by atoms with van der Waals surface area (Å²) in [5, 5.41) is 12.2. The lowest BCUT2D eigenvalue weighted by Gasteiger charge is -2.14. The first kappa shape index (κ1) is 13.9. The second-order valence-electron chi connectivity index (χ2n) is 4.04. The first-order chi connectivity index (χ1) is 8.21. The van der Waals surface area contributed by atoms with Crippen LogP contribution in [0.2, 0.25) is 0 Å². The van der Waals surface area contributed by atoms with Crippen molar-refractivity contribution in [2.75, 3.05) is 20.3 Å². The Kier molecular flexibility index (Phi) is 5.94. The van der Waals surface area contributed by atoms with Gasteiger partial charge in [-0.1, -0.05) is 6.92 Å². The van der Waals surface area contributed by atoms with E-state index in [0.29, 0.717) is 18.8 Å². The Balaban J connectivity index is 2.53. The van der Waals surface area contributed by atoms with E-state index in [9.17, 15) is 4.39 Å². The number of hydrogen-bond donors (Lipinski definition) is 2. The molecule has 17 heavy (non-hydrogen) atoms. The van der Waals surface area contributed by atoms with Crippen LogP contribution in [0, 0.1) is 11.7 Å². The van der Waals surface area contributed by atoms with Crippen LogP contribution in [0.5, 0.6) is 5.75 Å². The van der Waals surface area contributed by atoms with E-state index < -0.39 is 0 Å². The molecule has 0 aliphatic heterocycles. The zero-order valence-corrected chi connectivity index (χ0v) is 10.4. The van der Waals surface area contributed by atoms with Gasteiger partial charge in [0.05, 0.1) is 7.11 Å². The highest BCUT2D eigenvalue weighted by Crippen LogP contribution is 2.19. The second kappa shape index (κ2) is 7.25. The van der Waals surface area contributed by atoms with Crippen molar-refractivity contribution in [2.45, 2.75) is 19.9 Å². The molecule has 0 aromatic heterocycles. The number of benzene rings is 1. The number of nitrogens with one attached hydrogen (secondary N) is 1. The van der Waals surface area contributed by atoms with Gasteiger partial charge in [0.25, 0.3) is 0 Å². The molecule has 1 rings (SSSR count). The van der Waals surface area contributed by atoms with Crippen molar-refractivity contribution < 1.29 is 14.2 Å². The third-order valence-corrected chi connectivity index (χ3v) is 2.83. The zero-order valence-electron chi connectivity index (χ0n) is 10.4. The van der Waals surface area contributed by atoms with Gasteiger partial charge in [0.1, 0.15) is 11.6 Å². The van der Waals surface area contributed by atoms with E-state index in [4.69, 9.17) is 9.84 Å². The van der Waals surface area contributed by atoms with Crippen LogP contribution in [0.3, 0.4) is 0 Å². The summed E-state index contributed by atoms with van der Waals surface area (Å²) in [6.07, 6.45) is 0.920. The highest BCUT2D eigenvalue weighted by molar-refractivity contribution is 5.33. The van der Waals surface area contributed by atoms with E-state index in [1.165, 1.54) is 12.1 Å². The number of methoxy groups -OCH3 is 1. The maximum absolute atomic E-state index is 13.1. The molecule has 0 fully saturated rings. The molecule has 96 valence electrons. The van der Waals surface area contributed by atoms with Gasteiger partial charge < -0.3 is 15.2 Å². The third kappa shape index (κ3) is 4.32. The number of halogens is 1. The summed E-state index contributed by atoms with van der Waals surface area (Å²) in [5.74, 6) is 0.655. The van der Waals surface area contributed by atoms with Gasteiger partial charge in [-0.2, -0.15) is 0 Å². The van der Waals surface area contributed by atoms with Crippen molar-refractivity contribution in [3.8, 4) is 5.75 Å². The molecule has 0 aliphatic rings. The quantitative estimate of drug-likeness (QED) is 0.766. The summed E-state index contributed by atoms with van der Waals surface area (Å²) in [6.45, 7) is 3.46. The van der Waals surface area contributed by atoms with Gasteiger partial charge >= 0.3 is 0 Å². The van der Waals surface area contributed by atoms with Crippen LogP contribution >= 0.6 is 0 Å². The van der Waals surface area contributed by atoms with Crippen molar-refractivity contribution in [2.24, 2.45) is 5.92 Å². The van der Waals surface area contributed by atoms with Crippen molar-refractivity contribution in [3.63, 3.8) is 0 Å². The minimum absolute atomic E-state index is 0.170. The molecule has 1 unspecified atom stereocenters. The Morgan fingerprint density at radius 2 is 2.24 bits per heavy atom. The first-order valence-corrected chi connectivity index (χ1v) is 5.85. The number of rotatable bonds is 7. The van der Waals surface area contributed by atoms with E-state index >= 15 is 0 Å². The fourth-order valence-electron chi connectivity index (χ4n) is 1.63. The molecular formula is C13H20FNO2. The molecule has 0 saturated carbocycles. The normalized spacial score (nSPS) is 12.5. The fraction of sp³-hybridized carbons (Fsp3) is 0.538. The summed E-state index contributed by atoms with van der Waals surface area (Å²) in [7, 11) is 1.57. The highest BCUT2D eigenvalue weighted by atomic mass is 19.1. The van der Waals surface area contributed by atoms with Crippen LogP contribution in [0.1, 0.15) is 18.9 Å². The zero-order chi connectivity index (χ0) is 12.7. The van der Waals surface area contributed by atoms with Gasteiger partial charge in [-0.05, 0) is 30.5 Å². The molecule has 1 atom stereocenters. The van der Waals surface area contributed by atoms with Gasteiger partial charge in [-0.25, -0.2) is 4.39 Å². The molecule has 0 spiro atoms. The third-order valence-electron chi connectivity index (χ3n) is 2.83. The molecule has 0 radical (unpaired) electrons. The van der Waals surface area contributed by atoms with Crippen LogP contribution < -0.4 is 10.1 Å². The molecule has 3 nitrogen and oxygen atoms in total. The highest BCUT2D eigenvalue weighted by Gasteiger charge is 2.07. The number of hydrogen-bond acceptors (Lipinski definition) is 3. The lowest BCUT2D eigenvalue weighted by molar-refractivity contribution is 0.218. The van der Waals surface area contributed by atoms with Gasteiger partial charge in [0.15, 0.2) is 0 Å². The van der Waals surface area contributed by atoms with Crippen molar-refractivity contribution >= 4 is 0 Å². The van der Waals surface area contributed by atoms with Gasteiger partial charge in [-0.15, -0.1) is 0 Å². The smallest absolute Gasteiger partial charge is 0.123 e. The first-order valence-electron chi connectivity index (χ1n) is 5.85. The lowest BCUT2D eigenvalue weighted by Crippen LogP contribution is -2.24. The number of aliphatic hydroxyl groups excluding tert-OH is 1. The average molecular weight is 241 g/mol. The van der Waals surface area contributed by atoms with Crippen LogP contribution in [0.15, 0.2) is 18.2 Å². The molecule has 1 aromatic rings. The summed E-state index contributed by atoms with van der Waals surface area (Å²) in [6, 6.07) is 4.46. The van der Waals surface area contributed by atoms with E-state index in [0.717, 1.165) is 12.0 Å². The van der Waals surface area contributed by atoms with E-state index in [-0.39, 0.29) is 18.3 Å². The van der Waals surface area contributed by atoms with Crippen LogP contribution in [-0.2, 0) is 6.54 Å². The van der Waals surface area contributed by atoms with Crippen molar-refractivity contribution in [1.82, 2.24) is 5.32 Å². The molecule has 0 aliphatic carbocycles. The van der Waals surface area contributed by atoms with Crippen LogP contribution in [-0.4, -0.2) is 25.4 Å². The fourth-order valence-corrected chi connectivity index (χ4v) is 1.63. The Labute approximate surface area is 102 Å². The molecule has 0 heterocycles. The van der Waals surface area contributed by atoms with E-state index in [1.54, 1.807) is 13.2 Å². The lowest BCUT2D eigenvalue weighted by atomic mass is 10.1. The molecule has 0 saturated heterocycles. The summed E-state index contributed by atoms with van der Waals surface area (Å²) >= 11 is 0. The van der Waals surface area contributed by atoms with Crippen LogP contribution in [0.4, 0.5) is 4.39 Å². The minimum Gasteiger partial charge on any atom is -0.496 e. The van der Waals surface area contributed by atoms with Crippen molar-refractivity contribution in [1.29, 1.82) is 0 Å². The SMILES string of the molecule is CCC(CO)CNCc1cc(F)ccc1OC. The van der Waals surface area contributed by atoms with E-state index in [2.05, 4.69) is 5.32 Å². The van der Waals surface area contributed by atoms with Gasteiger partial charge in [0.2, 0.25) is 0 Å². The predicted molar refractivity (Wildman–Crippen MR) is 65.5 cm³/mol. The Bertz CT molecular complexity index is 340. The molecule has 4 heteroatoms. The minimum atomic E-state index is -0.267. The Hall–Kier alpha value is -1.13. The monoisotopic (exact) mass is 241 g/mol. The topological polar surface area (TPSA) is 41.5 Å². The molecule has 0 amide bonds. The number of aliphatic hydroxyl groups is 1. The Morgan fingerprint density at radius 1 is 1.47 bits per heavy atom. The Morgan fingerprint density at radius 3 is 2.82 bits per heavy atom. The largest absolute Gasteiger partial charge is 0.496 e. The van der Waals surface area contributed by atoms with Gasteiger partial charge in [0, 0.05) is 25.3 Å². The van der Waals surface area contributed by atoms with Crippen LogP contribution in [0.25, 0.3) is 0 Å². The summed E-state index contributed by atoms with van der Waals surface area (Å²) < 4.78 is 18.2.